The van der Waals surface area contributed by atoms with Gasteiger partial charge in [-0.2, -0.15) is 0 Å². The Labute approximate surface area is 164 Å². The first-order valence-electron chi connectivity index (χ1n) is 9.31. The number of hydrogen-bond acceptors (Lipinski definition) is 5. The van der Waals surface area contributed by atoms with Crippen molar-refractivity contribution in [2.45, 2.75) is 18.9 Å². The zero-order chi connectivity index (χ0) is 18.9. The molecule has 2 aliphatic rings. The van der Waals surface area contributed by atoms with E-state index in [9.17, 15) is 4.79 Å². The minimum Gasteiger partial charge on any atom is -0.497 e. The van der Waals surface area contributed by atoms with Crippen LogP contribution in [0.3, 0.4) is 0 Å². The number of amides is 1. The Kier molecular flexibility index (Phi) is 5.02. The fourth-order valence-corrected chi connectivity index (χ4v) is 5.34. The SMILES string of the molecule is C=CCN1CCC2(CN(Cc3ccc(OC)cc3)CC2c2nccs2)C1=O. The lowest BCUT2D eigenvalue weighted by Crippen LogP contribution is -2.39. The molecule has 2 fully saturated rings. The Hall–Kier alpha value is -2.18. The molecule has 5 nitrogen and oxygen atoms in total. The van der Waals surface area contributed by atoms with E-state index in [1.54, 1.807) is 18.4 Å². The van der Waals surface area contributed by atoms with Crippen molar-refractivity contribution in [1.29, 1.82) is 0 Å². The van der Waals surface area contributed by atoms with Crippen LogP contribution in [0.25, 0.3) is 0 Å². The van der Waals surface area contributed by atoms with Gasteiger partial charge in [-0.25, -0.2) is 4.98 Å². The van der Waals surface area contributed by atoms with E-state index >= 15 is 0 Å². The lowest BCUT2D eigenvalue weighted by Gasteiger charge is -2.27. The predicted molar refractivity (Wildman–Crippen MR) is 107 cm³/mol. The Morgan fingerprint density at radius 3 is 2.89 bits per heavy atom. The summed E-state index contributed by atoms with van der Waals surface area (Å²) in [5, 5.41) is 3.09. The molecular formula is C21H25N3O2S. The third kappa shape index (κ3) is 3.28. The quantitative estimate of drug-likeness (QED) is 0.719. The summed E-state index contributed by atoms with van der Waals surface area (Å²) in [7, 11) is 1.68. The molecular weight excluding hydrogens is 358 g/mol. The number of nitrogens with zero attached hydrogens (tertiary/aromatic N) is 3. The van der Waals surface area contributed by atoms with Crippen molar-refractivity contribution >= 4 is 17.2 Å². The fraction of sp³-hybridized carbons (Fsp3) is 0.429. The molecule has 2 aromatic rings. The maximum Gasteiger partial charge on any atom is 0.231 e. The maximum atomic E-state index is 13.3. The third-order valence-electron chi connectivity index (χ3n) is 5.82. The molecule has 6 heteroatoms. The molecule has 4 rings (SSSR count). The van der Waals surface area contributed by atoms with E-state index in [0.717, 1.165) is 43.4 Å². The number of carbonyl (C=O) groups is 1. The van der Waals surface area contributed by atoms with Crippen LogP contribution >= 0.6 is 11.3 Å². The molecule has 0 N–H and O–H groups in total. The number of ether oxygens (including phenoxy) is 1. The Bertz CT molecular complexity index is 805. The number of hydrogen-bond donors (Lipinski definition) is 0. The molecule has 142 valence electrons. The Morgan fingerprint density at radius 2 is 2.22 bits per heavy atom. The van der Waals surface area contributed by atoms with E-state index in [0.29, 0.717) is 6.54 Å². The van der Waals surface area contributed by atoms with Crippen molar-refractivity contribution in [3.63, 3.8) is 0 Å². The summed E-state index contributed by atoms with van der Waals surface area (Å²) in [6.45, 7) is 7.73. The predicted octanol–water partition coefficient (Wildman–Crippen LogP) is 3.16. The summed E-state index contributed by atoms with van der Waals surface area (Å²) < 4.78 is 5.25. The van der Waals surface area contributed by atoms with Crippen LogP contribution in [0.15, 0.2) is 48.5 Å². The second-order valence-corrected chi connectivity index (χ2v) is 8.31. The van der Waals surface area contributed by atoms with Crippen LogP contribution in [0.4, 0.5) is 0 Å². The van der Waals surface area contributed by atoms with Crippen LogP contribution < -0.4 is 4.74 Å². The number of thiazole rings is 1. The van der Waals surface area contributed by atoms with Gasteiger partial charge in [-0.1, -0.05) is 18.2 Å². The smallest absolute Gasteiger partial charge is 0.231 e. The minimum atomic E-state index is -0.354. The summed E-state index contributed by atoms with van der Waals surface area (Å²) in [6, 6.07) is 8.18. The maximum absolute atomic E-state index is 13.3. The van der Waals surface area contributed by atoms with Gasteiger partial charge < -0.3 is 9.64 Å². The van der Waals surface area contributed by atoms with Crippen LogP contribution in [-0.2, 0) is 11.3 Å². The van der Waals surface area contributed by atoms with Crippen molar-refractivity contribution in [2.75, 3.05) is 33.3 Å². The molecule has 2 unspecified atom stereocenters. The average Bonchev–Trinajstić information content (AvgIpc) is 3.39. The second kappa shape index (κ2) is 7.44. The number of aromatic nitrogens is 1. The number of benzene rings is 1. The summed E-state index contributed by atoms with van der Waals surface area (Å²) in [4.78, 5) is 22.2. The van der Waals surface area contributed by atoms with Crippen molar-refractivity contribution in [3.8, 4) is 5.75 Å². The van der Waals surface area contributed by atoms with Gasteiger partial charge in [0.05, 0.1) is 17.5 Å². The molecule has 1 aromatic carbocycles. The molecule has 27 heavy (non-hydrogen) atoms. The lowest BCUT2D eigenvalue weighted by molar-refractivity contribution is -0.135. The standard InChI is InChI=1S/C21H25N3O2S/c1-3-10-24-11-8-21(20(24)25)15-23(14-18(21)19-22-9-12-27-19)13-16-4-6-17(26-2)7-5-16/h3-7,9,12,18H,1,8,10-11,13-15H2,2H3. The van der Waals surface area contributed by atoms with Gasteiger partial charge in [0, 0.05) is 50.2 Å². The van der Waals surface area contributed by atoms with Crippen LogP contribution in [0, 0.1) is 5.41 Å². The highest BCUT2D eigenvalue weighted by Crippen LogP contribution is 2.50. The second-order valence-electron chi connectivity index (χ2n) is 7.39. The summed E-state index contributed by atoms with van der Waals surface area (Å²) in [6.07, 6.45) is 4.56. The van der Waals surface area contributed by atoms with E-state index in [1.165, 1.54) is 5.56 Å². The number of carbonyl (C=O) groups excluding carboxylic acids is 1. The topological polar surface area (TPSA) is 45.7 Å². The minimum absolute atomic E-state index is 0.165. The van der Waals surface area contributed by atoms with Gasteiger partial charge in [0.15, 0.2) is 0 Å². The lowest BCUT2D eigenvalue weighted by atomic mass is 9.77. The summed E-state index contributed by atoms with van der Waals surface area (Å²) >= 11 is 1.67. The first-order chi connectivity index (χ1) is 13.2. The summed E-state index contributed by atoms with van der Waals surface area (Å²) in [5.74, 6) is 1.29. The zero-order valence-electron chi connectivity index (χ0n) is 15.6. The first-order valence-corrected chi connectivity index (χ1v) is 10.2. The van der Waals surface area contributed by atoms with Gasteiger partial charge >= 0.3 is 0 Å². The van der Waals surface area contributed by atoms with Gasteiger partial charge in [0.25, 0.3) is 0 Å². The van der Waals surface area contributed by atoms with E-state index < -0.39 is 0 Å². The Morgan fingerprint density at radius 1 is 1.41 bits per heavy atom. The van der Waals surface area contributed by atoms with Gasteiger partial charge in [-0.15, -0.1) is 17.9 Å². The molecule has 3 heterocycles. The van der Waals surface area contributed by atoms with E-state index in [-0.39, 0.29) is 17.2 Å². The van der Waals surface area contributed by atoms with Gasteiger partial charge in [-0.05, 0) is 24.1 Å². The molecule has 0 aliphatic carbocycles. The third-order valence-corrected chi connectivity index (χ3v) is 6.71. The van der Waals surface area contributed by atoms with Crippen LogP contribution in [-0.4, -0.2) is 54.0 Å². The molecule has 2 saturated heterocycles. The molecule has 0 radical (unpaired) electrons. The molecule has 1 aromatic heterocycles. The van der Waals surface area contributed by atoms with E-state index in [2.05, 4.69) is 28.6 Å². The number of methoxy groups -OCH3 is 1. The number of likely N-dealkylation sites (tertiary alicyclic amines) is 2. The summed E-state index contributed by atoms with van der Waals surface area (Å²) in [5.41, 5.74) is 0.881. The molecule has 1 spiro atoms. The normalized spacial score (nSPS) is 25.4. The van der Waals surface area contributed by atoms with Crippen LogP contribution in [0.5, 0.6) is 5.75 Å². The molecule has 0 saturated carbocycles. The highest BCUT2D eigenvalue weighted by atomic mass is 32.1. The fourth-order valence-electron chi connectivity index (χ4n) is 4.50. The highest BCUT2D eigenvalue weighted by Gasteiger charge is 2.57. The van der Waals surface area contributed by atoms with Crippen LogP contribution in [0.2, 0.25) is 0 Å². The molecule has 2 aliphatic heterocycles. The van der Waals surface area contributed by atoms with E-state index in [4.69, 9.17) is 4.74 Å². The average molecular weight is 384 g/mol. The first kappa shape index (κ1) is 18.2. The van der Waals surface area contributed by atoms with Crippen molar-refractivity contribution in [3.05, 3.63) is 59.1 Å². The number of rotatable bonds is 6. The molecule has 1 amide bonds. The molecule has 2 atom stereocenters. The van der Waals surface area contributed by atoms with Gasteiger partial charge in [-0.3, -0.25) is 9.69 Å². The van der Waals surface area contributed by atoms with Crippen LogP contribution in [0.1, 0.15) is 22.9 Å². The monoisotopic (exact) mass is 383 g/mol. The van der Waals surface area contributed by atoms with E-state index in [1.807, 2.05) is 34.7 Å². The van der Waals surface area contributed by atoms with Crippen molar-refractivity contribution in [1.82, 2.24) is 14.8 Å². The Balaban J connectivity index is 1.58. The molecule has 0 bridgehead atoms. The zero-order valence-corrected chi connectivity index (χ0v) is 16.5. The van der Waals surface area contributed by atoms with Gasteiger partial charge in [0.1, 0.15) is 5.75 Å². The van der Waals surface area contributed by atoms with Gasteiger partial charge in [0.2, 0.25) is 5.91 Å². The van der Waals surface area contributed by atoms with Crippen molar-refractivity contribution in [2.24, 2.45) is 5.41 Å². The largest absolute Gasteiger partial charge is 0.497 e. The highest BCUT2D eigenvalue weighted by molar-refractivity contribution is 7.09. The van der Waals surface area contributed by atoms with Crippen molar-refractivity contribution < 1.29 is 9.53 Å².